The standard InChI is InChI=1S/C26H27NO4/c1-4-21-9-5-6-11-23(21)27(16-20-8-7-10-22(15-20)26(29)30)25(28)17-31-24-14-18(2)12-13-19(24)3/h5-15H,4,16-17H2,1-3H3,(H,29,30). The third-order valence-corrected chi connectivity index (χ3v) is 5.17. The number of carbonyl (C=O) groups excluding carboxylic acids is 1. The maximum atomic E-state index is 13.3. The Kier molecular flexibility index (Phi) is 7.08. The second-order valence-electron chi connectivity index (χ2n) is 7.53. The molecule has 0 radical (unpaired) electrons. The fraction of sp³-hybridized carbons (Fsp3) is 0.231. The van der Waals surface area contributed by atoms with E-state index >= 15 is 0 Å². The predicted molar refractivity (Wildman–Crippen MR) is 122 cm³/mol. The summed E-state index contributed by atoms with van der Waals surface area (Å²) >= 11 is 0. The Balaban J connectivity index is 1.90. The lowest BCUT2D eigenvalue weighted by molar-refractivity contribution is -0.120. The molecule has 5 nitrogen and oxygen atoms in total. The second kappa shape index (κ2) is 9.94. The molecule has 1 N–H and O–H groups in total. The lowest BCUT2D eigenvalue weighted by Gasteiger charge is -2.26. The van der Waals surface area contributed by atoms with Crippen molar-refractivity contribution in [1.82, 2.24) is 0 Å². The average Bonchev–Trinajstić information content (AvgIpc) is 2.78. The van der Waals surface area contributed by atoms with Gasteiger partial charge in [-0.1, -0.05) is 49.4 Å². The smallest absolute Gasteiger partial charge is 0.335 e. The van der Waals surface area contributed by atoms with Crippen molar-refractivity contribution < 1.29 is 19.4 Å². The summed E-state index contributed by atoms with van der Waals surface area (Å²) in [5.74, 6) is -0.501. The number of carbonyl (C=O) groups is 2. The van der Waals surface area contributed by atoms with Gasteiger partial charge < -0.3 is 14.7 Å². The molecule has 0 bridgehead atoms. The molecule has 0 atom stereocenters. The highest BCUT2D eigenvalue weighted by Crippen LogP contribution is 2.25. The van der Waals surface area contributed by atoms with Crippen molar-refractivity contribution in [2.75, 3.05) is 11.5 Å². The van der Waals surface area contributed by atoms with Crippen LogP contribution >= 0.6 is 0 Å². The van der Waals surface area contributed by atoms with E-state index in [9.17, 15) is 14.7 Å². The van der Waals surface area contributed by atoms with Crippen LogP contribution in [0.15, 0.2) is 66.7 Å². The van der Waals surface area contributed by atoms with Crippen LogP contribution in [0.5, 0.6) is 5.75 Å². The van der Waals surface area contributed by atoms with Crippen molar-refractivity contribution in [3.63, 3.8) is 0 Å². The molecule has 31 heavy (non-hydrogen) atoms. The van der Waals surface area contributed by atoms with Gasteiger partial charge in [0.2, 0.25) is 0 Å². The molecule has 0 aliphatic rings. The zero-order valence-electron chi connectivity index (χ0n) is 18.1. The molecular formula is C26H27NO4. The second-order valence-corrected chi connectivity index (χ2v) is 7.53. The van der Waals surface area contributed by atoms with Crippen LogP contribution in [0.3, 0.4) is 0 Å². The maximum absolute atomic E-state index is 13.3. The van der Waals surface area contributed by atoms with Crippen molar-refractivity contribution in [1.29, 1.82) is 0 Å². The Labute approximate surface area is 182 Å². The summed E-state index contributed by atoms with van der Waals surface area (Å²) in [4.78, 5) is 26.3. The Morgan fingerprint density at radius 2 is 1.74 bits per heavy atom. The van der Waals surface area contributed by atoms with Crippen LogP contribution in [0.4, 0.5) is 5.69 Å². The highest BCUT2D eigenvalue weighted by molar-refractivity contribution is 5.95. The van der Waals surface area contributed by atoms with Crippen LogP contribution in [0, 0.1) is 13.8 Å². The summed E-state index contributed by atoms with van der Waals surface area (Å²) in [5, 5.41) is 9.31. The molecule has 3 aromatic rings. The summed E-state index contributed by atoms with van der Waals surface area (Å²) in [7, 11) is 0. The van der Waals surface area contributed by atoms with Gasteiger partial charge >= 0.3 is 5.97 Å². The third-order valence-electron chi connectivity index (χ3n) is 5.17. The fourth-order valence-corrected chi connectivity index (χ4v) is 3.45. The molecular weight excluding hydrogens is 390 g/mol. The maximum Gasteiger partial charge on any atom is 0.335 e. The quantitative estimate of drug-likeness (QED) is 0.549. The number of ether oxygens (including phenoxy) is 1. The molecule has 0 aliphatic heterocycles. The monoisotopic (exact) mass is 417 g/mol. The van der Waals surface area contributed by atoms with Crippen molar-refractivity contribution in [2.45, 2.75) is 33.7 Å². The minimum Gasteiger partial charge on any atom is -0.483 e. The minimum atomic E-state index is -0.994. The topological polar surface area (TPSA) is 66.8 Å². The largest absolute Gasteiger partial charge is 0.483 e. The SMILES string of the molecule is CCc1ccccc1N(Cc1cccc(C(=O)O)c1)C(=O)COc1cc(C)ccc1C. The zero-order valence-corrected chi connectivity index (χ0v) is 18.1. The third kappa shape index (κ3) is 5.51. The van der Waals surface area contributed by atoms with E-state index in [-0.39, 0.29) is 24.6 Å². The lowest BCUT2D eigenvalue weighted by atomic mass is 10.1. The number of amides is 1. The van der Waals surface area contributed by atoms with Crippen LogP contribution in [-0.2, 0) is 17.8 Å². The molecule has 1 amide bonds. The van der Waals surface area contributed by atoms with Crippen molar-refractivity contribution in [3.8, 4) is 5.75 Å². The number of nitrogens with zero attached hydrogens (tertiary/aromatic N) is 1. The van der Waals surface area contributed by atoms with Crippen LogP contribution < -0.4 is 9.64 Å². The van der Waals surface area contributed by atoms with E-state index in [2.05, 4.69) is 0 Å². The molecule has 0 spiro atoms. The summed E-state index contributed by atoms with van der Waals surface area (Å²) in [5.41, 5.74) is 4.81. The molecule has 3 rings (SSSR count). The number of aryl methyl sites for hydroxylation is 3. The molecule has 0 fully saturated rings. The van der Waals surface area contributed by atoms with Crippen LogP contribution in [-0.4, -0.2) is 23.6 Å². The molecule has 0 unspecified atom stereocenters. The number of rotatable bonds is 8. The van der Waals surface area contributed by atoms with Gasteiger partial charge in [0.05, 0.1) is 12.1 Å². The average molecular weight is 418 g/mol. The highest BCUT2D eigenvalue weighted by Gasteiger charge is 2.20. The number of benzene rings is 3. The predicted octanol–water partition coefficient (Wildman–Crippen LogP) is 5.18. The van der Waals surface area contributed by atoms with Crippen LogP contribution in [0.25, 0.3) is 0 Å². The van der Waals surface area contributed by atoms with E-state index in [0.29, 0.717) is 5.75 Å². The van der Waals surface area contributed by atoms with Gasteiger partial charge in [-0.05, 0) is 66.8 Å². The fourth-order valence-electron chi connectivity index (χ4n) is 3.45. The summed E-state index contributed by atoms with van der Waals surface area (Å²) in [6, 6.07) is 20.3. The van der Waals surface area contributed by atoms with Crippen LogP contribution in [0.2, 0.25) is 0 Å². The first-order valence-corrected chi connectivity index (χ1v) is 10.3. The van der Waals surface area contributed by atoms with Crippen molar-refractivity contribution >= 4 is 17.6 Å². The van der Waals surface area contributed by atoms with Gasteiger partial charge in [-0.15, -0.1) is 0 Å². The Morgan fingerprint density at radius 1 is 0.968 bits per heavy atom. The zero-order chi connectivity index (χ0) is 22.4. The van der Waals surface area contributed by atoms with E-state index in [0.717, 1.165) is 34.4 Å². The lowest BCUT2D eigenvalue weighted by Crippen LogP contribution is -2.35. The summed E-state index contributed by atoms with van der Waals surface area (Å²) in [6.07, 6.45) is 0.771. The van der Waals surface area contributed by atoms with E-state index in [4.69, 9.17) is 4.74 Å². The van der Waals surface area contributed by atoms with Gasteiger partial charge in [0.15, 0.2) is 6.61 Å². The molecule has 5 heteroatoms. The molecule has 160 valence electrons. The minimum absolute atomic E-state index is 0.110. The number of hydrogen-bond acceptors (Lipinski definition) is 3. The van der Waals surface area contributed by atoms with Gasteiger partial charge in [-0.2, -0.15) is 0 Å². The first kappa shape index (κ1) is 22.1. The van der Waals surface area contributed by atoms with Gasteiger partial charge in [0, 0.05) is 5.69 Å². The van der Waals surface area contributed by atoms with Gasteiger partial charge in [-0.3, -0.25) is 4.79 Å². The van der Waals surface area contributed by atoms with E-state index in [1.54, 1.807) is 23.1 Å². The van der Waals surface area contributed by atoms with Crippen molar-refractivity contribution in [3.05, 3.63) is 94.5 Å². The Hall–Kier alpha value is -3.60. The molecule has 0 saturated carbocycles. The summed E-state index contributed by atoms with van der Waals surface area (Å²) in [6.45, 7) is 6.11. The number of carboxylic acids is 1. The van der Waals surface area contributed by atoms with E-state index in [1.165, 1.54) is 0 Å². The van der Waals surface area contributed by atoms with Crippen molar-refractivity contribution in [2.24, 2.45) is 0 Å². The molecule has 0 heterocycles. The molecule has 0 saturated heterocycles. The Bertz CT molecular complexity index is 1090. The number of hydrogen-bond donors (Lipinski definition) is 1. The first-order chi connectivity index (χ1) is 14.9. The van der Waals surface area contributed by atoms with Gasteiger partial charge in [0.25, 0.3) is 5.91 Å². The first-order valence-electron chi connectivity index (χ1n) is 10.3. The molecule has 3 aromatic carbocycles. The van der Waals surface area contributed by atoms with Gasteiger partial charge in [0.1, 0.15) is 5.75 Å². The number of aromatic carboxylic acids is 1. The number of anilines is 1. The molecule has 0 aliphatic carbocycles. The number of carboxylic acid groups (broad SMARTS) is 1. The van der Waals surface area contributed by atoms with E-state index in [1.807, 2.05) is 69.3 Å². The van der Waals surface area contributed by atoms with Crippen LogP contribution in [0.1, 0.15) is 39.5 Å². The number of para-hydroxylation sites is 1. The highest BCUT2D eigenvalue weighted by atomic mass is 16.5. The van der Waals surface area contributed by atoms with Gasteiger partial charge in [-0.25, -0.2) is 4.79 Å². The molecule has 0 aromatic heterocycles. The normalized spacial score (nSPS) is 10.5. The summed E-state index contributed by atoms with van der Waals surface area (Å²) < 4.78 is 5.87. The van der Waals surface area contributed by atoms with E-state index < -0.39 is 5.97 Å². The Morgan fingerprint density at radius 3 is 2.48 bits per heavy atom.